The number of benzene rings is 1. The third-order valence-corrected chi connectivity index (χ3v) is 4.90. The summed E-state index contributed by atoms with van der Waals surface area (Å²) in [4.78, 5) is 14.9. The second kappa shape index (κ2) is 6.27. The zero-order valence-electron chi connectivity index (χ0n) is 12.0. The smallest absolute Gasteiger partial charge is 0.306 e. The monoisotopic (exact) mass is 327 g/mol. The Hall–Kier alpha value is -2.22. The number of ether oxygens (including phenoxy) is 2. The summed E-state index contributed by atoms with van der Waals surface area (Å²) in [6.07, 6.45) is 1.06. The van der Waals surface area contributed by atoms with Gasteiger partial charge in [-0.2, -0.15) is 0 Å². The van der Waals surface area contributed by atoms with Gasteiger partial charge in [0.1, 0.15) is 5.82 Å². The molecule has 2 rings (SSSR count). The normalized spacial score (nSPS) is 11.4. The van der Waals surface area contributed by atoms with E-state index in [1.54, 1.807) is 0 Å². The molecule has 0 aliphatic rings. The number of sulfone groups is 1. The molecular formula is C14H14FNO5S. The first-order valence-electron chi connectivity index (χ1n) is 6.31. The van der Waals surface area contributed by atoms with Crippen LogP contribution < -0.4 is 4.74 Å². The number of carbonyl (C=O) groups is 1. The average Bonchev–Trinajstić information content (AvgIpc) is 2.52. The highest BCUT2D eigenvalue weighted by molar-refractivity contribution is 7.91. The predicted octanol–water partition coefficient (Wildman–Crippen LogP) is 1.72. The number of aromatic nitrogens is 1. The predicted molar refractivity (Wildman–Crippen MR) is 76.9 cm³/mol. The van der Waals surface area contributed by atoms with Crippen molar-refractivity contribution in [1.29, 1.82) is 0 Å². The second-order valence-electron chi connectivity index (χ2n) is 4.43. The van der Waals surface area contributed by atoms with Gasteiger partial charge in [-0.15, -0.1) is 0 Å². The lowest BCUT2D eigenvalue weighted by atomic mass is 10.1. The summed E-state index contributed by atoms with van der Waals surface area (Å²) in [5.41, 5.74) is 0. The minimum atomic E-state index is -3.78. The van der Waals surface area contributed by atoms with Gasteiger partial charge in [-0.25, -0.2) is 17.8 Å². The van der Waals surface area contributed by atoms with Gasteiger partial charge in [0.25, 0.3) is 0 Å². The molecule has 0 aliphatic heterocycles. The quantitative estimate of drug-likeness (QED) is 0.614. The fraction of sp³-hybridized carbons (Fsp3) is 0.286. The first-order valence-corrected chi connectivity index (χ1v) is 7.96. The van der Waals surface area contributed by atoms with Crippen molar-refractivity contribution < 1.29 is 27.1 Å². The molecule has 0 saturated carbocycles. The molecule has 0 amide bonds. The summed E-state index contributed by atoms with van der Waals surface area (Å²) in [6, 6.07) is 3.60. The zero-order chi connectivity index (χ0) is 16.3. The second-order valence-corrected chi connectivity index (χ2v) is 6.51. The summed E-state index contributed by atoms with van der Waals surface area (Å²) >= 11 is 0. The van der Waals surface area contributed by atoms with E-state index in [9.17, 15) is 17.6 Å². The van der Waals surface area contributed by atoms with E-state index < -0.39 is 27.4 Å². The number of fused-ring (bicyclic) bond motifs is 1. The van der Waals surface area contributed by atoms with Crippen molar-refractivity contribution in [2.45, 2.75) is 11.3 Å². The highest BCUT2D eigenvalue weighted by Crippen LogP contribution is 2.31. The Morgan fingerprint density at radius 2 is 2.00 bits per heavy atom. The molecule has 1 aromatic heterocycles. The molecule has 0 spiro atoms. The molecule has 118 valence electrons. The van der Waals surface area contributed by atoms with Crippen molar-refractivity contribution >= 4 is 26.6 Å². The lowest BCUT2D eigenvalue weighted by molar-refractivity contribution is -0.140. The fourth-order valence-electron chi connectivity index (χ4n) is 2.06. The van der Waals surface area contributed by atoms with E-state index in [1.165, 1.54) is 32.5 Å². The maximum absolute atomic E-state index is 14.0. The molecule has 6 nitrogen and oxygen atoms in total. The average molecular weight is 327 g/mol. The number of methoxy groups -OCH3 is 2. The summed E-state index contributed by atoms with van der Waals surface area (Å²) in [5, 5.41) is 0.154. The van der Waals surface area contributed by atoms with Gasteiger partial charge in [-0.3, -0.25) is 4.79 Å². The largest absolute Gasteiger partial charge is 0.480 e. The molecule has 0 radical (unpaired) electrons. The molecule has 22 heavy (non-hydrogen) atoms. The number of esters is 1. The Labute approximate surface area is 126 Å². The SMILES string of the molecule is COC(=O)CCS(=O)(=O)c1ccc(F)c2c(OC)nccc12. The van der Waals surface area contributed by atoms with Gasteiger partial charge in [0.2, 0.25) is 5.88 Å². The molecule has 1 heterocycles. The van der Waals surface area contributed by atoms with Crippen LogP contribution in [-0.2, 0) is 19.4 Å². The van der Waals surface area contributed by atoms with Crippen molar-refractivity contribution in [3.05, 3.63) is 30.2 Å². The number of pyridine rings is 1. The molecule has 1 aromatic carbocycles. The number of halogens is 1. The van der Waals surface area contributed by atoms with Gasteiger partial charge in [0, 0.05) is 11.6 Å². The van der Waals surface area contributed by atoms with E-state index in [2.05, 4.69) is 9.72 Å². The van der Waals surface area contributed by atoms with Crippen LogP contribution in [0.15, 0.2) is 29.3 Å². The van der Waals surface area contributed by atoms with E-state index in [1.807, 2.05) is 0 Å². The van der Waals surface area contributed by atoms with Crippen LogP contribution in [0, 0.1) is 5.82 Å². The summed E-state index contributed by atoms with van der Waals surface area (Å²) < 4.78 is 48.2. The molecule has 0 unspecified atom stereocenters. The van der Waals surface area contributed by atoms with Gasteiger partial charge in [0.05, 0.1) is 36.7 Å². The number of hydrogen-bond donors (Lipinski definition) is 0. The van der Waals surface area contributed by atoms with Crippen LogP contribution in [0.5, 0.6) is 5.88 Å². The molecule has 2 aromatic rings. The molecular weight excluding hydrogens is 313 g/mol. The zero-order valence-corrected chi connectivity index (χ0v) is 12.8. The van der Waals surface area contributed by atoms with Crippen LogP contribution in [-0.4, -0.2) is 39.3 Å². The summed E-state index contributed by atoms with van der Waals surface area (Å²) in [7, 11) is -1.29. The van der Waals surface area contributed by atoms with Gasteiger partial charge < -0.3 is 9.47 Å². The van der Waals surface area contributed by atoms with Crippen LogP contribution in [0.1, 0.15) is 6.42 Å². The van der Waals surface area contributed by atoms with E-state index in [0.717, 1.165) is 6.07 Å². The number of carbonyl (C=O) groups excluding carboxylic acids is 1. The molecule has 0 fully saturated rings. The first-order chi connectivity index (χ1) is 10.4. The van der Waals surface area contributed by atoms with Crippen LogP contribution in [0.2, 0.25) is 0 Å². The molecule has 0 N–H and O–H groups in total. The highest BCUT2D eigenvalue weighted by atomic mass is 32.2. The van der Waals surface area contributed by atoms with Crippen LogP contribution in [0.25, 0.3) is 10.8 Å². The molecule has 0 bridgehead atoms. The van der Waals surface area contributed by atoms with Crippen molar-refractivity contribution in [3.8, 4) is 5.88 Å². The van der Waals surface area contributed by atoms with E-state index >= 15 is 0 Å². The summed E-state index contributed by atoms with van der Waals surface area (Å²) in [5.74, 6) is -1.69. The molecule has 8 heteroatoms. The number of nitrogens with zero attached hydrogens (tertiary/aromatic N) is 1. The molecule has 0 atom stereocenters. The lowest BCUT2D eigenvalue weighted by Gasteiger charge is -2.10. The number of hydrogen-bond acceptors (Lipinski definition) is 6. The van der Waals surface area contributed by atoms with Crippen molar-refractivity contribution in [1.82, 2.24) is 4.98 Å². The van der Waals surface area contributed by atoms with Gasteiger partial charge >= 0.3 is 5.97 Å². The van der Waals surface area contributed by atoms with Crippen LogP contribution in [0.4, 0.5) is 4.39 Å². The topological polar surface area (TPSA) is 82.6 Å². The van der Waals surface area contributed by atoms with E-state index in [-0.39, 0.29) is 28.0 Å². The fourth-order valence-corrected chi connectivity index (χ4v) is 3.49. The molecule has 0 saturated heterocycles. The summed E-state index contributed by atoms with van der Waals surface area (Å²) in [6.45, 7) is 0. The Bertz CT molecular complexity index is 819. The minimum Gasteiger partial charge on any atom is -0.480 e. The van der Waals surface area contributed by atoms with Crippen LogP contribution >= 0.6 is 0 Å². The highest BCUT2D eigenvalue weighted by Gasteiger charge is 2.22. The van der Waals surface area contributed by atoms with Gasteiger partial charge in [0.15, 0.2) is 9.84 Å². The lowest BCUT2D eigenvalue weighted by Crippen LogP contribution is -2.13. The Morgan fingerprint density at radius 1 is 1.27 bits per heavy atom. The Morgan fingerprint density at radius 3 is 2.64 bits per heavy atom. The third-order valence-electron chi connectivity index (χ3n) is 3.13. The Kier molecular flexibility index (Phi) is 4.60. The molecule has 0 aliphatic carbocycles. The van der Waals surface area contributed by atoms with Gasteiger partial charge in [-0.05, 0) is 18.2 Å². The van der Waals surface area contributed by atoms with E-state index in [4.69, 9.17) is 4.74 Å². The third kappa shape index (κ3) is 3.01. The van der Waals surface area contributed by atoms with Crippen LogP contribution in [0.3, 0.4) is 0 Å². The minimum absolute atomic E-state index is 0.0000166. The van der Waals surface area contributed by atoms with E-state index in [0.29, 0.717) is 0 Å². The first kappa shape index (κ1) is 16.2. The van der Waals surface area contributed by atoms with Gasteiger partial charge in [-0.1, -0.05) is 0 Å². The maximum Gasteiger partial charge on any atom is 0.306 e. The number of rotatable bonds is 5. The van der Waals surface area contributed by atoms with Crippen molar-refractivity contribution in [2.75, 3.05) is 20.0 Å². The Balaban J connectivity index is 2.57. The standard InChI is InChI=1S/C14H14FNO5S/c1-20-12(17)6-8-22(18,19)11-4-3-10(15)13-9(11)5-7-16-14(13)21-2/h3-5,7H,6,8H2,1-2H3. The van der Waals surface area contributed by atoms with Crippen molar-refractivity contribution in [2.24, 2.45) is 0 Å². The maximum atomic E-state index is 14.0. The van der Waals surface area contributed by atoms with Crippen molar-refractivity contribution in [3.63, 3.8) is 0 Å².